The molecule has 0 saturated heterocycles. The zero-order valence-electron chi connectivity index (χ0n) is 16.4. The summed E-state index contributed by atoms with van der Waals surface area (Å²) in [7, 11) is 0. The molecule has 2 rings (SSSR count). The van der Waals surface area contributed by atoms with Crippen LogP contribution in [0.25, 0.3) is 6.08 Å². The topological polar surface area (TPSA) is 50.8 Å². The Balaban J connectivity index is 2.21. The number of nitrogens with zero attached hydrogens (tertiary/aromatic N) is 3. The van der Waals surface area contributed by atoms with Gasteiger partial charge in [-0.2, -0.15) is 10.5 Å². The number of halogens is 2. The van der Waals surface area contributed by atoms with E-state index in [0.717, 1.165) is 48.3 Å². The molecule has 146 valence electrons. The fourth-order valence-corrected chi connectivity index (χ4v) is 3.87. The number of alkyl halides is 2. The van der Waals surface area contributed by atoms with Gasteiger partial charge in [0.1, 0.15) is 17.7 Å². The molecule has 0 atom stereocenters. The Morgan fingerprint density at radius 3 is 2.18 bits per heavy atom. The molecule has 0 unspecified atom stereocenters. The van der Waals surface area contributed by atoms with Crippen LogP contribution < -0.4 is 4.90 Å². The van der Waals surface area contributed by atoms with Crippen molar-refractivity contribution >= 4 is 35.0 Å². The molecule has 0 saturated carbocycles. The fraction of sp³-hybridized carbons (Fsp3) is 0.391. The monoisotopic (exact) mass is 413 g/mol. The van der Waals surface area contributed by atoms with Crippen molar-refractivity contribution in [1.29, 1.82) is 10.5 Å². The van der Waals surface area contributed by atoms with E-state index in [-0.39, 0.29) is 11.0 Å². The van der Waals surface area contributed by atoms with E-state index < -0.39 is 0 Å². The van der Waals surface area contributed by atoms with Gasteiger partial charge >= 0.3 is 0 Å². The van der Waals surface area contributed by atoms with Crippen molar-refractivity contribution in [3.8, 4) is 12.1 Å². The van der Waals surface area contributed by atoms with Crippen molar-refractivity contribution in [2.75, 3.05) is 29.7 Å². The summed E-state index contributed by atoms with van der Waals surface area (Å²) in [6.07, 6.45) is 7.79. The average Bonchev–Trinajstić information content (AvgIpc) is 2.66. The van der Waals surface area contributed by atoms with Gasteiger partial charge in [0.05, 0.1) is 0 Å². The Morgan fingerprint density at radius 2 is 1.64 bits per heavy atom. The van der Waals surface area contributed by atoms with Gasteiger partial charge in [-0.25, -0.2) is 0 Å². The minimum Gasteiger partial charge on any atom is -0.369 e. The third kappa shape index (κ3) is 6.16. The van der Waals surface area contributed by atoms with Crippen LogP contribution in [-0.4, -0.2) is 24.8 Å². The molecular formula is C23H25Cl2N3. The first-order valence-electron chi connectivity index (χ1n) is 9.31. The molecule has 0 amide bonds. The van der Waals surface area contributed by atoms with Gasteiger partial charge in [-0.1, -0.05) is 44.2 Å². The summed E-state index contributed by atoms with van der Waals surface area (Å²) in [5, 5.41) is 18.4. The zero-order valence-corrected chi connectivity index (χ0v) is 17.9. The highest BCUT2D eigenvalue weighted by Gasteiger charge is 2.26. The highest BCUT2D eigenvalue weighted by Crippen LogP contribution is 2.39. The van der Waals surface area contributed by atoms with Crippen LogP contribution in [-0.2, 0) is 0 Å². The number of allylic oxidation sites excluding steroid dienone is 5. The third-order valence-electron chi connectivity index (χ3n) is 4.71. The second-order valence-corrected chi connectivity index (χ2v) is 8.41. The van der Waals surface area contributed by atoms with E-state index in [1.807, 2.05) is 18.2 Å². The van der Waals surface area contributed by atoms with Crippen molar-refractivity contribution in [2.45, 2.75) is 26.7 Å². The highest BCUT2D eigenvalue weighted by atomic mass is 35.5. The summed E-state index contributed by atoms with van der Waals surface area (Å²) in [6.45, 7) is 5.86. The molecule has 0 N–H and O–H groups in total. The molecule has 0 bridgehead atoms. The van der Waals surface area contributed by atoms with Crippen molar-refractivity contribution in [1.82, 2.24) is 0 Å². The number of hydrogen-bond acceptors (Lipinski definition) is 3. The Hall–Kier alpha value is -2.20. The summed E-state index contributed by atoms with van der Waals surface area (Å²) < 4.78 is 0. The maximum Gasteiger partial charge on any atom is 0.132 e. The van der Waals surface area contributed by atoms with E-state index in [1.54, 1.807) is 0 Å². The minimum atomic E-state index is 0.0240. The van der Waals surface area contributed by atoms with Gasteiger partial charge in [0.25, 0.3) is 0 Å². The first-order valence-corrected chi connectivity index (χ1v) is 10.4. The molecule has 0 spiro atoms. The molecule has 1 aliphatic carbocycles. The van der Waals surface area contributed by atoms with Gasteiger partial charge in [-0.05, 0) is 47.1 Å². The molecule has 0 radical (unpaired) electrons. The Kier molecular flexibility index (Phi) is 8.18. The molecule has 1 aromatic carbocycles. The molecule has 1 aliphatic rings. The van der Waals surface area contributed by atoms with Crippen LogP contribution >= 0.6 is 23.2 Å². The number of benzene rings is 1. The highest BCUT2D eigenvalue weighted by molar-refractivity contribution is 6.18. The molecular weight excluding hydrogens is 389 g/mol. The predicted octanol–water partition coefficient (Wildman–Crippen LogP) is 6.07. The van der Waals surface area contributed by atoms with E-state index in [1.165, 1.54) is 0 Å². The lowest BCUT2D eigenvalue weighted by molar-refractivity contribution is 0.354. The van der Waals surface area contributed by atoms with Crippen LogP contribution in [0.3, 0.4) is 0 Å². The lowest BCUT2D eigenvalue weighted by Gasteiger charge is -2.30. The largest absolute Gasteiger partial charge is 0.369 e. The van der Waals surface area contributed by atoms with E-state index in [4.69, 9.17) is 23.2 Å². The second-order valence-electron chi connectivity index (χ2n) is 7.65. The average molecular weight is 414 g/mol. The molecule has 0 heterocycles. The van der Waals surface area contributed by atoms with Crippen LogP contribution in [0, 0.1) is 28.1 Å². The van der Waals surface area contributed by atoms with E-state index in [2.05, 4.69) is 55.2 Å². The molecule has 0 aromatic heterocycles. The number of rotatable bonds is 7. The van der Waals surface area contributed by atoms with Crippen molar-refractivity contribution in [3.05, 3.63) is 58.7 Å². The predicted molar refractivity (Wildman–Crippen MR) is 118 cm³/mol. The minimum absolute atomic E-state index is 0.0240. The Bertz CT molecular complexity index is 827. The maximum atomic E-state index is 9.19. The van der Waals surface area contributed by atoms with Crippen LogP contribution in [0.2, 0.25) is 0 Å². The summed E-state index contributed by atoms with van der Waals surface area (Å²) in [5.41, 5.74) is 4.39. The summed E-state index contributed by atoms with van der Waals surface area (Å²) in [4.78, 5) is 2.17. The zero-order chi connectivity index (χ0) is 20.6. The van der Waals surface area contributed by atoms with E-state index >= 15 is 0 Å². The number of nitriles is 2. The van der Waals surface area contributed by atoms with Crippen molar-refractivity contribution in [2.24, 2.45) is 5.41 Å². The molecule has 28 heavy (non-hydrogen) atoms. The fourth-order valence-electron chi connectivity index (χ4n) is 3.47. The molecule has 0 fully saturated rings. The van der Waals surface area contributed by atoms with Gasteiger partial charge < -0.3 is 4.90 Å². The van der Waals surface area contributed by atoms with Crippen LogP contribution in [0.15, 0.2) is 53.1 Å². The Morgan fingerprint density at radius 1 is 1.04 bits per heavy atom. The van der Waals surface area contributed by atoms with Crippen LogP contribution in [0.4, 0.5) is 5.69 Å². The van der Waals surface area contributed by atoms with Crippen LogP contribution in [0.1, 0.15) is 32.3 Å². The van der Waals surface area contributed by atoms with Gasteiger partial charge in [0, 0.05) is 30.5 Å². The second kappa shape index (κ2) is 10.4. The van der Waals surface area contributed by atoms with Gasteiger partial charge in [-0.15, -0.1) is 23.2 Å². The number of anilines is 1. The normalized spacial score (nSPS) is 15.6. The first-order chi connectivity index (χ1) is 13.4. The lowest BCUT2D eigenvalue weighted by atomic mass is 9.74. The van der Waals surface area contributed by atoms with Gasteiger partial charge in [0.2, 0.25) is 0 Å². The third-order valence-corrected chi connectivity index (χ3v) is 5.05. The smallest absolute Gasteiger partial charge is 0.132 e. The first kappa shape index (κ1) is 22.1. The van der Waals surface area contributed by atoms with E-state index in [9.17, 15) is 10.5 Å². The summed E-state index contributed by atoms with van der Waals surface area (Å²) >= 11 is 11.8. The van der Waals surface area contributed by atoms with Crippen LogP contribution in [0.5, 0.6) is 0 Å². The molecule has 3 nitrogen and oxygen atoms in total. The lowest BCUT2D eigenvalue weighted by Crippen LogP contribution is -2.27. The molecule has 1 aromatic rings. The summed E-state index contributed by atoms with van der Waals surface area (Å²) in [6, 6.07) is 12.3. The molecule has 5 heteroatoms. The van der Waals surface area contributed by atoms with Gasteiger partial charge in [-0.3, -0.25) is 0 Å². The summed E-state index contributed by atoms with van der Waals surface area (Å²) in [5.74, 6) is 1.12. The number of hydrogen-bond donors (Lipinski definition) is 0. The van der Waals surface area contributed by atoms with E-state index in [0.29, 0.717) is 11.8 Å². The maximum absolute atomic E-state index is 9.19. The van der Waals surface area contributed by atoms with Crippen molar-refractivity contribution in [3.63, 3.8) is 0 Å². The standard InChI is InChI=1S/C23H25Cl2N3/c1-23(2)14-19(13-20(15-23)21(16-26)17-27)4-3-18-5-7-22(8-6-18)28(11-9-24)12-10-25/h3-8,13H,9-12,14-15H2,1-2H3/b4-3+. The quantitative estimate of drug-likeness (QED) is 0.402. The van der Waals surface area contributed by atoms with Gasteiger partial charge in [0.15, 0.2) is 0 Å². The van der Waals surface area contributed by atoms with Crippen molar-refractivity contribution < 1.29 is 0 Å². The SMILES string of the molecule is CC1(C)CC(/C=C/c2ccc(N(CCCl)CCCl)cc2)=CC(=C(C#N)C#N)C1. The Labute approximate surface area is 178 Å². The molecule has 0 aliphatic heterocycles.